The van der Waals surface area contributed by atoms with Crippen molar-refractivity contribution in [2.24, 2.45) is 11.8 Å². The molecule has 1 heterocycles. The molecule has 0 spiro atoms. The van der Waals surface area contributed by atoms with Gasteiger partial charge in [-0.25, -0.2) is 4.79 Å². The molecule has 7 nitrogen and oxygen atoms in total. The molecule has 3 atom stereocenters. The molecule has 1 fully saturated rings. The van der Waals surface area contributed by atoms with Gasteiger partial charge in [0.25, 0.3) is 0 Å². The second kappa shape index (κ2) is 8.41. The molecule has 2 N–H and O–H groups in total. The van der Waals surface area contributed by atoms with Crippen LogP contribution in [0, 0.1) is 11.8 Å². The van der Waals surface area contributed by atoms with Crippen molar-refractivity contribution in [3.05, 3.63) is 59.7 Å². The Bertz CT molecular complexity index is 975. The summed E-state index contributed by atoms with van der Waals surface area (Å²) in [6, 6.07) is 15.4. The molecule has 1 saturated heterocycles. The molecule has 2 aromatic rings. The molecule has 2 aromatic carbocycles. The minimum absolute atomic E-state index is 0.0556. The summed E-state index contributed by atoms with van der Waals surface area (Å²) >= 11 is 0. The Labute approximate surface area is 181 Å². The number of carbonyl (C=O) groups is 3. The number of aliphatic carboxylic acids is 1. The lowest BCUT2D eigenvalue weighted by atomic mass is 9.98. The van der Waals surface area contributed by atoms with E-state index in [2.05, 4.69) is 17.4 Å². The zero-order valence-corrected chi connectivity index (χ0v) is 17.6. The predicted octanol–water partition coefficient (Wildman–Crippen LogP) is 3.09. The maximum absolute atomic E-state index is 12.6. The lowest BCUT2D eigenvalue weighted by molar-refractivity contribution is -0.142. The Morgan fingerprint density at radius 3 is 2.19 bits per heavy atom. The summed E-state index contributed by atoms with van der Waals surface area (Å²) in [5, 5.41) is 11.8. The van der Waals surface area contributed by atoms with Crippen LogP contribution in [0.5, 0.6) is 0 Å². The molecule has 7 heteroatoms. The maximum Gasteiger partial charge on any atom is 0.407 e. The second-order valence-corrected chi connectivity index (χ2v) is 8.36. The largest absolute Gasteiger partial charge is 0.481 e. The topological polar surface area (TPSA) is 95.9 Å². The van der Waals surface area contributed by atoms with Gasteiger partial charge in [0, 0.05) is 19.0 Å². The molecule has 0 saturated carbocycles. The summed E-state index contributed by atoms with van der Waals surface area (Å²) < 4.78 is 5.49. The zero-order valence-electron chi connectivity index (χ0n) is 17.6. The molecule has 1 unspecified atom stereocenters. The van der Waals surface area contributed by atoms with Crippen molar-refractivity contribution in [1.82, 2.24) is 10.2 Å². The number of likely N-dealkylation sites (tertiary alicyclic amines) is 1. The van der Waals surface area contributed by atoms with Crippen molar-refractivity contribution >= 4 is 18.0 Å². The highest BCUT2D eigenvalue weighted by molar-refractivity contribution is 5.86. The van der Waals surface area contributed by atoms with Crippen LogP contribution in [-0.4, -0.2) is 53.7 Å². The average molecular weight is 422 g/mol. The second-order valence-electron chi connectivity index (χ2n) is 8.36. The first-order valence-corrected chi connectivity index (χ1v) is 10.5. The number of carboxylic acids is 1. The van der Waals surface area contributed by atoms with Gasteiger partial charge in [-0.2, -0.15) is 0 Å². The van der Waals surface area contributed by atoms with Crippen LogP contribution in [0.4, 0.5) is 4.79 Å². The fourth-order valence-electron chi connectivity index (χ4n) is 4.62. The third-order valence-electron chi connectivity index (χ3n) is 6.29. The van der Waals surface area contributed by atoms with Gasteiger partial charge < -0.3 is 20.1 Å². The van der Waals surface area contributed by atoms with Crippen LogP contribution in [0.1, 0.15) is 30.9 Å². The van der Waals surface area contributed by atoms with Crippen LogP contribution >= 0.6 is 0 Å². The minimum atomic E-state index is -0.903. The van der Waals surface area contributed by atoms with Crippen molar-refractivity contribution < 1.29 is 24.2 Å². The number of alkyl carbamates (subject to hydrolysis) is 1. The number of ether oxygens (including phenoxy) is 1. The smallest absolute Gasteiger partial charge is 0.407 e. The van der Waals surface area contributed by atoms with Crippen LogP contribution in [0.3, 0.4) is 0 Å². The fourth-order valence-corrected chi connectivity index (χ4v) is 4.62. The summed E-state index contributed by atoms with van der Waals surface area (Å²) in [5.74, 6) is -1.96. The molecule has 0 radical (unpaired) electrons. The molecule has 1 aliphatic carbocycles. The minimum Gasteiger partial charge on any atom is -0.481 e. The lowest BCUT2D eigenvalue weighted by Gasteiger charge is -2.22. The van der Waals surface area contributed by atoms with E-state index in [1.165, 1.54) is 4.90 Å². The molecule has 0 bridgehead atoms. The number of hydrogen-bond acceptors (Lipinski definition) is 4. The molecule has 2 amide bonds. The van der Waals surface area contributed by atoms with Gasteiger partial charge in [-0.3, -0.25) is 9.59 Å². The Morgan fingerprint density at radius 2 is 1.65 bits per heavy atom. The molecule has 162 valence electrons. The summed E-state index contributed by atoms with van der Waals surface area (Å²) in [7, 11) is 0. The van der Waals surface area contributed by atoms with Crippen LogP contribution in [-0.2, 0) is 14.3 Å². The highest BCUT2D eigenvalue weighted by Gasteiger charge is 2.38. The van der Waals surface area contributed by atoms with E-state index in [0.29, 0.717) is 6.54 Å². The molecule has 1 aliphatic heterocycles. The number of carbonyl (C=O) groups excluding carboxylic acids is 2. The van der Waals surface area contributed by atoms with E-state index < -0.39 is 24.0 Å². The SMILES string of the molecule is CC(NC(=O)OCC1c2ccccc2-c2ccccc21)C(=O)N1C[C@H](C(=O)O)[C@@H](C)C1. The van der Waals surface area contributed by atoms with Crippen LogP contribution < -0.4 is 5.32 Å². The molecular formula is C24H26N2O5. The van der Waals surface area contributed by atoms with Crippen molar-refractivity contribution in [3.63, 3.8) is 0 Å². The maximum atomic E-state index is 12.6. The van der Waals surface area contributed by atoms with E-state index in [1.54, 1.807) is 6.92 Å². The molecule has 31 heavy (non-hydrogen) atoms. The molecule has 4 rings (SSSR count). The summed E-state index contributed by atoms with van der Waals surface area (Å²) in [6.45, 7) is 4.10. The quantitative estimate of drug-likeness (QED) is 0.772. The van der Waals surface area contributed by atoms with Crippen molar-refractivity contribution in [2.45, 2.75) is 25.8 Å². The van der Waals surface area contributed by atoms with E-state index in [0.717, 1.165) is 22.3 Å². The molecule has 2 aliphatic rings. The first-order valence-electron chi connectivity index (χ1n) is 10.5. The van der Waals surface area contributed by atoms with Gasteiger partial charge in [-0.15, -0.1) is 0 Å². The first-order chi connectivity index (χ1) is 14.9. The van der Waals surface area contributed by atoms with E-state index >= 15 is 0 Å². The van der Waals surface area contributed by atoms with Gasteiger partial charge in [0.1, 0.15) is 12.6 Å². The van der Waals surface area contributed by atoms with E-state index in [1.807, 2.05) is 43.3 Å². The van der Waals surface area contributed by atoms with Crippen LogP contribution in [0.25, 0.3) is 11.1 Å². The number of fused-ring (bicyclic) bond motifs is 3. The van der Waals surface area contributed by atoms with Crippen molar-refractivity contribution in [1.29, 1.82) is 0 Å². The predicted molar refractivity (Wildman–Crippen MR) is 115 cm³/mol. The summed E-state index contributed by atoms with van der Waals surface area (Å²) in [5.41, 5.74) is 4.52. The number of benzene rings is 2. The van der Waals surface area contributed by atoms with Gasteiger partial charge in [0.05, 0.1) is 5.92 Å². The molecule has 0 aromatic heterocycles. The highest BCUT2D eigenvalue weighted by atomic mass is 16.5. The van der Waals surface area contributed by atoms with Gasteiger partial charge in [0.2, 0.25) is 5.91 Å². The lowest BCUT2D eigenvalue weighted by Crippen LogP contribution is -2.46. The van der Waals surface area contributed by atoms with Crippen molar-refractivity contribution in [3.8, 4) is 11.1 Å². The normalized spacial score (nSPS) is 20.6. The monoisotopic (exact) mass is 422 g/mol. The number of hydrogen-bond donors (Lipinski definition) is 2. The van der Waals surface area contributed by atoms with E-state index in [4.69, 9.17) is 4.74 Å². The number of rotatable bonds is 5. The Hall–Kier alpha value is -3.35. The Morgan fingerprint density at radius 1 is 1.06 bits per heavy atom. The van der Waals surface area contributed by atoms with Gasteiger partial charge in [0.15, 0.2) is 0 Å². The number of amides is 2. The van der Waals surface area contributed by atoms with Crippen molar-refractivity contribution in [2.75, 3.05) is 19.7 Å². The van der Waals surface area contributed by atoms with E-state index in [9.17, 15) is 19.5 Å². The van der Waals surface area contributed by atoms with Gasteiger partial charge in [-0.05, 0) is 35.1 Å². The van der Waals surface area contributed by atoms with E-state index in [-0.39, 0.29) is 30.9 Å². The average Bonchev–Trinajstić information content (AvgIpc) is 3.30. The zero-order chi connectivity index (χ0) is 22.1. The van der Waals surface area contributed by atoms with Gasteiger partial charge >= 0.3 is 12.1 Å². The first kappa shape index (κ1) is 20.9. The standard InChI is InChI=1S/C24H26N2O5/c1-14-11-26(12-20(14)23(28)29)22(27)15(2)25-24(30)31-13-21-18-9-5-3-7-16(18)17-8-4-6-10-19(17)21/h3-10,14-15,20-21H,11-13H2,1-2H3,(H,25,30)(H,28,29)/t14-,15?,20-/m0/s1. The van der Waals surface area contributed by atoms with Crippen LogP contribution in [0.2, 0.25) is 0 Å². The third kappa shape index (κ3) is 4.00. The Kier molecular flexibility index (Phi) is 5.67. The third-order valence-corrected chi connectivity index (χ3v) is 6.29. The summed E-state index contributed by atoms with van der Waals surface area (Å²) in [4.78, 5) is 37.8. The Balaban J connectivity index is 1.36. The number of nitrogens with one attached hydrogen (secondary N) is 1. The molecular weight excluding hydrogens is 396 g/mol. The van der Waals surface area contributed by atoms with Gasteiger partial charge in [-0.1, -0.05) is 55.5 Å². The fraction of sp³-hybridized carbons (Fsp3) is 0.375. The number of nitrogens with zero attached hydrogens (tertiary/aromatic N) is 1. The van der Waals surface area contributed by atoms with Crippen LogP contribution in [0.15, 0.2) is 48.5 Å². The number of carboxylic acid groups (broad SMARTS) is 1. The summed E-state index contributed by atoms with van der Waals surface area (Å²) in [6.07, 6.45) is -0.662. The highest BCUT2D eigenvalue weighted by Crippen LogP contribution is 2.44.